The van der Waals surface area contributed by atoms with E-state index < -0.39 is 23.6 Å². The number of rotatable bonds is 11. The van der Waals surface area contributed by atoms with Crippen LogP contribution in [-0.2, 0) is 16.1 Å². The highest BCUT2D eigenvalue weighted by atomic mass is 19.2. The van der Waals surface area contributed by atoms with E-state index in [1.807, 2.05) is 48.9 Å². The summed E-state index contributed by atoms with van der Waals surface area (Å²) in [5.74, 6) is -1.16. The van der Waals surface area contributed by atoms with Crippen LogP contribution in [0.15, 0.2) is 60.9 Å². The molecule has 5 aromatic rings. The number of benzene rings is 2. The molecule has 0 aliphatic carbocycles. The third-order valence-electron chi connectivity index (χ3n) is 10.9. The lowest BCUT2D eigenvalue weighted by atomic mass is 9.97. The molecule has 0 saturated carbocycles. The molecule has 6 heterocycles. The van der Waals surface area contributed by atoms with Crippen molar-refractivity contribution in [3.8, 4) is 11.3 Å². The summed E-state index contributed by atoms with van der Waals surface area (Å²) < 4.78 is 32.3. The van der Waals surface area contributed by atoms with E-state index in [0.717, 1.165) is 63.6 Å². The molecule has 3 fully saturated rings. The van der Waals surface area contributed by atoms with Crippen molar-refractivity contribution in [3.63, 3.8) is 0 Å². The predicted molar refractivity (Wildman–Crippen MR) is 211 cm³/mol. The summed E-state index contributed by atoms with van der Waals surface area (Å²) in [6.45, 7) is 13.4. The smallest absolute Gasteiger partial charge is 0.251 e. The summed E-state index contributed by atoms with van der Waals surface area (Å²) in [4.78, 5) is 60.9. The van der Waals surface area contributed by atoms with E-state index >= 15 is 8.78 Å². The molecule has 3 amide bonds. The average Bonchev–Trinajstić information content (AvgIpc) is 3.53. The lowest BCUT2D eigenvalue weighted by Crippen LogP contribution is -2.54. The zero-order chi connectivity index (χ0) is 39.8. The maximum absolute atomic E-state index is 15.3. The quantitative estimate of drug-likeness (QED) is 0.162. The van der Waals surface area contributed by atoms with Crippen molar-refractivity contribution in [2.24, 2.45) is 5.92 Å². The second-order valence-electron chi connectivity index (χ2n) is 15.4. The summed E-state index contributed by atoms with van der Waals surface area (Å²) in [5, 5.41) is 8.08. The SMILES string of the molecule is Cc1nc2c(F)c(F)c(-c3ccnc(Nc4ccc(CN5CCN(CC6CN(c7ccc(C(=O)NC8CCC(=O)NC8=O)cc7)C6)CC5)cn4)n3)cc2n1C(C)C. The molecule has 3 aromatic heterocycles. The Labute approximate surface area is 328 Å². The van der Waals surface area contributed by atoms with Crippen LogP contribution in [0.3, 0.4) is 0 Å². The predicted octanol–water partition coefficient (Wildman–Crippen LogP) is 4.59. The number of pyridine rings is 1. The van der Waals surface area contributed by atoms with E-state index in [4.69, 9.17) is 0 Å². The number of imidazole rings is 1. The van der Waals surface area contributed by atoms with Gasteiger partial charge in [-0.1, -0.05) is 6.07 Å². The van der Waals surface area contributed by atoms with Gasteiger partial charge in [0.05, 0.1) is 11.2 Å². The third-order valence-corrected chi connectivity index (χ3v) is 10.9. The Morgan fingerprint density at radius 3 is 2.40 bits per heavy atom. The van der Waals surface area contributed by atoms with Gasteiger partial charge in [0.2, 0.25) is 17.8 Å². The van der Waals surface area contributed by atoms with E-state index in [0.29, 0.717) is 35.1 Å². The fraction of sp³-hybridized carbons (Fsp3) is 0.390. The van der Waals surface area contributed by atoms with Crippen LogP contribution in [0.4, 0.5) is 26.2 Å². The first-order valence-electron chi connectivity index (χ1n) is 19.3. The number of carbonyl (C=O) groups excluding carboxylic acids is 3. The van der Waals surface area contributed by atoms with Gasteiger partial charge in [-0.2, -0.15) is 0 Å². The van der Waals surface area contributed by atoms with Crippen LogP contribution in [-0.4, -0.2) is 104 Å². The van der Waals surface area contributed by atoms with Crippen molar-refractivity contribution < 1.29 is 23.2 Å². The lowest BCUT2D eigenvalue weighted by molar-refractivity contribution is -0.134. The topological polar surface area (TPSA) is 154 Å². The number of amides is 3. The Morgan fingerprint density at radius 1 is 0.947 bits per heavy atom. The summed E-state index contributed by atoms with van der Waals surface area (Å²) in [5.41, 5.74) is 3.42. The molecule has 0 radical (unpaired) electrons. The number of fused-ring (bicyclic) bond motifs is 1. The number of imide groups is 1. The van der Waals surface area contributed by atoms with E-state index in [1.165, 1.54) is 6.20 Å². The summed E-state index contributed by atoms with van der Waals surface area (Å²) in [7, 11) is 0. The molecule has 2 aromatic carbocycles. The molecule has 8 rings (SSSR count). The summed E-state index contributed by atoms with van der Waals surface area (Å²) >= 11 is 0. The summed E-state index contributed by atoms with van der Waals surface area (Å²) in [6.07, 6.45) is 3.86. The van der Waals surface area contributed by atoms with E-state index in [1.54, 1.807) is 31.2 Å². The van der Waals surface area contributed by atoms with Gasteiger partial charge in [0, 0.05) is 99.9 Å². The molecule has 0 spiro atoms. The molecular weight excluding hydrogens is 733 g/mol. The van der Waals surface area contributed by atoms with Crippen LogP contribution in [0.25, 0.3) is 22.3 Å². The Hall–Kier alpha value is -5.87. The minimum atomic E-state index is -1.00. The zero-order valence-corrected chi connectivity index (χ0v) is 32.1. The average molecular weight is 778 g/mol. The number of hydrogen-bond donors (Lipinski definition) is 3. The van der Waals surface area contributed by atoms with Crippen LogP contribution in [0.2, 0.25) is 0 Å². The van der Waals surface area contributed by atoms with Crippen LogP contribution < -0.4 is 20.9 Å². The van der Waals surface area contributed by atoms with Gasteiger partial charge in [0.1, 0.15) is 23.2 Å². The van der Waals surface area contributed by atoms with Gasteiger partial charge in [0.15, 0.2) is 11.6 Å². The van der Waals surface area contributed by atoms with Crippen molar-refractivity contribution in [1.29, 1.82) is 0 Å². The maximum atomic E-state index is 15.3. The number of halogens is 2. The molecule has 57 heavy (non-hydrogen) atoms. The second kappa shape index (κ2) is 15.9. The highest BCUT2D eigenvalue weighted by Gasteiger charge is 2.31. The second-order valence-corrected chi connectivity index (χ2v) is 15.4. The molecule has 3 N–H and O–H groups in total. The highest BCUT2D eigenvalue weighted by Crippen LogP contribution is 2.32. The molecule has 0 bridgehead atoms. The van der Waals surface area contributed by atoms with Gasteiger partial charge in [0.25, 0.3) is 5.91 Å². The van der Waals surface area contributed by atoms with E-state index in [2.05, 4.69) is 50.6 Å². The number of carbonyl (C=O) groups is 3. The maximum Gasteiger partial charge on any atom is 0.251 e. The van der Waals surface area contributed by atoms with Crippen LogP contribution in [0.5, 0.6) is 0 Å². The number of nitrogens with zero attached hydrogens (tertiary/aromatic N) is 8. The minimum Gasteiger partial charge on any atom is -0.371 e. The van der Waals surface area contributed by atoms with Gasteiger partial charge >= 0.3 is 0 Å². The number of hydrogen-bond acceptors (Lipinski definition) is 11. The van der Waals surface area contributed by atoms with Gasteiger partial charge in [-0.25, -0.2) is 28.7 Å². The van der Waals surface area contributed by atoms with E-state index in [9.17, 15) is 14.4 Å². The molecule has 3 aliphatic heterocycles. The first kappa shape index (κ1) is 38.0. The number of aromatic nitrogens is 5. The number of piperidine rings is 1. The molecule has 296 valence electrons. The molecular formula is C41H45F2N11O3. The molecule has 14 nitrogen and oxygen atoms in total. The normalized spacial score (nSPS) is 18.2. The summed E-state index contributed by atoms with van der Waals surface area (Å²) in [6, 6.07) is 13.8. The van der Waals surface area contributed by atoms with Gasteiger partial charge in [-0.05, 0) is 75.2 Å². The number of aryl methyl sites for hydroxylation is 1. The van der Waals surface area contributed by atoms with Gasteiger partial charge < -0.3 is 25.0 Å². The van der Waals surface area contributed by atoms with Crippen LogP contribution in [0.1, 0.15) is 54.5 Å². The Morgan fingerprint density at radius 2 is 1.70 bits per heavy atom. The standard InChI is InChI=1S/C41H45F2N11O3/c1-24(2)54-25(3)46-38-33(54)18-30(36(42)37(38)43)31-12-13-44-41(48-31)49-34-10-4-26(19-45-34)20-51-14-16-52(17-15-51)21-27-22-53(23-27)29-7-5-28(6-8-29)39(56)47-32-9-11-35(55)50-40(32)57/h4-8,10,12-13,18-19,24,27,32H,9,11,14-17,20-23H2,1-3H3,(H,47,56)(H,50,55,57)(H,44,45,48,49). The van der Waals surface area contributed by atoms with Crippen molar-refractivity contribution in [1.82, 2.24) is 44.9 Å². The van der Waals surface area contributed by atoms with Crippen LogP contribution in [0, 0.1) is 24.5 Å². The molecule has 1 unspecified atom stereocenters. The zero-order valence-electron chi connectivity index (χ0n) is 32.1. The van der Waals surface area contributed by atoms with E-state index in [-0.39, 0.29) is 47.0 Å². The Kier molecular flexibility index (Phi) is 10.6. The molecule has 3 aliphatic rings. The molecule has 16 heteroatoms. The number of anilines is 3. The van der Waals surface area contributed by atoms with Crippen molar-refractivity contribution in [2.45, 2.75) is 52.2 Å². The van der Waals surface area contributed by atoms with Gasteiger partial charge in [-0.15, -0.1) is 0 Å². The first-order chi connectivity index (χ1) is 27.5. The van der Waals surface area contributed by atoms with Crippen molar-refractivity contribution in [3.05, 3.63) is 89.5 Å². The fourth-order valence-corrected chi connectivity index (χ4v) is 7.94. The monoisotopic (exact) mass is 777 g/mol. The van der Waals surface area contributed by atoms with Crippen molar-refractivity contribution >= 4 is 46.2 Å². The Bertz CT molecular complexity index is 2300. The lowest BCUT2D eigenvalue weighted by Gasteiger charge is -2.44. The van der Waals surface area contributed by atoms with Gasteiger partial charge in [-0.3, -0.25) is 24.6 Å². The number of nitrogens with one attached hydrogen (secondary N) is 3. The highest BCUT2D eigenvalue weighted by molar-refractivity contribution is 6.03. The third kappa shape index (κ3) is 8.18. The number of piperazine rings is 1. The molecule has 3 saturated heterocycles. The molecule has 1 atom stereocenters. The largest absolute Gasteiger partial charge is 0.371 e. The van der Waals surface area contributed by atoms with Crippen molar-refractivity contribution in [2.75, 3.05) is 56.0 Å². The first-order valence-corrected chi connectivity index (χ1v) is 19.3. The Balaban J connectivity index is 0.784. The minimum absolute atomic E-state index is 0.00423. The van der Waals surface area contributed by atoms with Crippen LogP contribution >= 0.6 is 0 Å². The fourth-order valence-electron chi connectivity index (χ4n) is 7.94.